The molecule has 1 unspecified atom stereocenters. The fourth-order valence-corrected chi connectivity index (χ4v) is 10.8. The number of esters is 3. The van der Waals surface area contributed by atoms with E-state index in [-0.39, 0.29) is 31.1 Å². The second-order valence-corrected chi connectivity index (χ2v) is 23.8. The first-order valence-corrected chi connectivity index (χ1v) is 34.7. The third-order valence-electron chi connectivity index (χ3n) is 16.0. The van der Waals surface area contributed by atoms with Crippen LogP contribution in [0.4, 0.5) is 0 Å². The average molecular weight is 1070 g/mol. The lowest BCUT2D eigenvalue weighted by Gasteiger charge is -2.18. The Bertz CT molecular complexity index is 1180. The molecule has 1 atom stereocenters. The van der Waals surface area contributed by atoms with Gasteiger partial charge in [0.25, 0.3) is 0 Å². The van der Waals surface area contributed by atoms with Crippen LogP contribution < -0.4 is 0 Å². The second kappa shape index (κ2) is 65.7. The standard InChI is InChI=1S/C70H134O6/c1-4-7-10-13-16-19-22-25-27-29-31-33-34-35-37-38-40-42-45-48-51-54-57-60-63-69(72)75-66-67(65-74-68(71)62-59-56-53-50-47-44-24-21-18-15-12-9-6-3)76-70(73)64-61-58-55-52-49-46-43-41-39-36-32-30-28-26-23-20-17-14-11-8-5-2/h30,32,67H,4-29,31,33-66H2,1-3H3/b32-30-. The molecule has 0 aromatic carbocycles. The van der Waals surface area contributed by atoms with Gasteiger partial charge in [0.05, 0.1) is 0 Å². The Morgan fingerprint density at radius 3 is 0.658 bits per heavy atom. The first-order chi connectivity index (χ1) is 37.5. The van der Waals surface area contributed by atoms with Crippen LogP contribution in [0.2, 0.25) is 0 Å². The summed E-state index contributed by atoms with van der Waals surface area (Å²) in [6.45, 7) is 6.72. The van der Waals surface area contributed by atoms with Gasteiger partial charge in [-0.25, -0.2) is 0 Å². The summed E-state index contributed by atoms with van der Waals surface area (Å²) < 4.78 is 17.0. The monoisotopic (exact) mass is 1070 g/mol. The molecule has 0 saturated carbocycles. The largest absolute Gasteiger partial charge is 0.462 e. The van der Waals surface area contributed by atoms with Gasteiger partial charge in [-0.3, -0.25) is 14.4 Å². The summed E-state index contributed by atoms with van der Waals surface area (Å²) in [4.78, 5) is 38.4. The number of allylic oxidation sites excluding steroid dienone is 2. The van der Waals surface area contributed by atoms with Crippen molar-refractivity contribution in [2.24, 2.45) is 0 Å². The highest BCUT2D eigenvalue weighted by molar-refractivity contribution is 5.71. The molecule has 0 fully saturated rings. The van der Waals surface area contributed by atoms with Crippen molar-refractivity contribution in [1.82, 2.24) is 0 Å². The molecule has 0 bridgehead atoms. The number of carbonyl (C=O) groups excluding carboxylic acids is 3. The summed E-state index contributed by atoms with van der Waals surface area (Å²) in [7, 11) is 0. The summed E-state index contributed by atoms with van der Waals surface area (Å²) in [5, 5.41) is 0. The molecule has 0 spiro atoms. The number of hydrogen-bond acceptors (Lipinski definition) is 6. The summed E-state index contributed by atoms with van der Waals surface area (Å²) in [6.07, 6.45) is 78.1. The molecule has 0 aromatic heterocycles. The van der Waals surface area contributed by atoms with Gasteiger partial charge < -0.3 is 14.2 Å². The second-order valence-electron chi connectivity index (χ2n) is 23.8. The molecular formula is C70H134O6. The molecule has 0 aromatic rings. The molecule has 0 aliphatic rings. The zero-order chi connectivity index (χ0) is 55.0. The Morgan fingerprint density at radius 2 is 0.434 bits per heavy atom. The summed E-state index contributed by atoms with van der Waals surface area (Å²) in [5.74, 6) is -0.832. The van der Waals surface area contributed by atoms with Gasteiger partial charge in [-0.1, -0.05) is 348 Å². The molecule has 6 heteroatoms. The molecule has 0 amide bonds. The van der Waals surface area contributed by atoms with Gasteiger partial charge in [0.2, 0.25) is 0 Å². The molecule has 0 saturated heterocycles. The molecule has 0 heterocycles. The molecular weight excluding hydrogens is 937 g/mol. The summed E-state index contributed by atoms with van der Waals surface area (Å²) in [6, 6.07) is 0. The average Bonchev–Trinajstić information content (AvgIpc) is 3.42. The Kier molecular flexibility index (Phi) is 64.1. The predicted octanol–water partition coefficient (Wildman–Crippen LogP) is 23.6. The Balaban J connectivity index is 4.22. The van der Waals surface area contributed by atoms with Crippen molar-refractivity contribution in [1.29, 1.82) is 0 Å². The normalized spacial score (nSPS) is 12.0. The van der Waals surface area contributed by atoms with Gasteiger partial charge >= 0.3 is 17.9 Å². The molecule has 0 N–H and O–H groups in total. The maximum absolute atomic E-state index is 12.9. The van der Waals surface area contributed by atoms with E-state index in [2.05, 4.69) is 32.9 Å². The Labute approximate surface area is 475 Å². The summed E-state index contributed by atoms with van der Waals surface area (Å²) >= 11 is 0. The van der Waals surface area contributed by atoms with Crippen LogP contribution in [0, 0.1) is 0 Å². The third kappa shape index (κ3) is 63.0. The van der Waals surface area contributed by atoms with Gasteiger partial charge in [0.1, 0.15) is 13.2 Å². The van der Waals surface area contributed by atoms with Crippen molar-refractivity contribution >= 4 is 17.9 Å². The molecule has 6 nitrogen and oxygen atoms in total. The van der Waals surface area contributed by atoms with E-state index in [9.17, 15) is 14.4 Å². The fourth-order valence-electron chi connectivity index (χ4n) is 10.8. The van der Waals surface area contributed by atoms with Gasteiger partial charge in [0, 0.05) is 19.3 Å². The Morgan fingerprint density at radius 1 is 0.250 bits per heavy atom. The molecule has 0 aliphatic carbocycles. The van der Waals surface area contributed by atoms with Crippen LogP contribution in [0.5, 0.6) is 0 Å². The first-order valence-electron chi connectivity index (χ1n) is 34.7. The minimum Gasteiger partial charge on any atom is -0.462 e. The lowest BCUT2D eigenvalue weighted by molar-refractivity contribution is -0.167. The number of rotatable bonds is 65. The van der Waals surface area contributed by atoms with E-state index in [0.717, 1.165) is 57.8 Å². The number of ether oxygens (including phenoxy) is 3. The summed E-state index contributed by atoms with van der Waals surface area (Å²) in [5.41, 5.74) is 0. The van der Waals surface area contributed by atoms with Gasteiger partial charge in [0.15, 0.2) is 6.10 Å². The van der Waals surface area contributed by atoms with Crippen LogP contribution in [0.25, 0.3) is 0 Å². The lowest BCUT2D eigenvalue weighted by atomic mass is 10.0. The van der Waals surface area contributed by atoms with Crippen molar-refractivity contribution in [3.8, 4) is 0 Å². The quantitative estimate of drug-likeness (QED) is 0.0261. The third-order valence-corrected chi connectivity index (χ3v) is 16.0. The van der Waals surface area contributed by atoms with Crippen molar-refractivity contribution < 1.29 is 28.6 Å². The van der Waals surface area contributed by atoms with E-state index >= 15 is 0 Å². The van der Waals surface area contributed by atoms with Crippen LogP contribution in [-0.2, 0) is 28.6 Å². The highest BCUT2D eigenvalue weighted by atomic mass is 16.6. The van der Waals surface area contributed by atoms with Crippen LogP contribution >= 0.6 is 0 Å². The zero-order valence-corrected chi connectivity index (χ0v) is 51.8. The molecule has 0 rings (SSSR count). The Hall–Kier alpha value is -1.85. The number of unbranched alkanes of at least 4 members (excludes halogenated alkanes) is 52. The SMILES string of the molecule is CCCCCCCCCC/C=C\CCCCCCCCCCCC(=O)OC(COC(=O)CCCCCCCCCCCCCCC)COC(=O)CCCCCCCCCCCCCCCCCCCCCCCCCC. The molecule has 450 valence electrons. The highest BCUT2D eigenvalue weighted by Crippen LogP contribution is 2.19. The minimum atomic E-state index is -0.767. The van der Waals surface area contributed by atoms with Crippen molar-refractivity contribution in [3.05, 3.63) is 12.2 Å². The lowest BCUT2D eigenvalue weighted by Crippen LogP contribution is -2.30. The number of carbonyl (C=O) groups is 3. The fraction of sp³-hybridized carbons (Fsp3) is 0.929. The van der Waals surface area contributed by atoms with E-state index in [0.29, 0.717) is 19.3 Å². The van der Waals surface area contributed by atoms with Crippen molar-refractivity contribution in [3.63, 3.8) is 0 Å². The van der Waals surface area contributed by atoms with Gasteiger partial charge in [-0.2, -0.15) is 0 Å². The maximum Gasteiger partial charge on any atom is 0.306 e. The first kappa shape index (κ1) is 74.2. The van der Waals surface area contributed by atoms with Crippen LogP contribution in [0.15, 0.2) is 12.2 Å². The van der Waals surface area contributed by atoms with E-state index < -0.39 is 6.10 Å². The van der Waals surface area contributed by atoms with E-state index in [4.69, 9.17) is 14.2 Å². The topological polar surface area (TPSA) is 78.9 Å². The van der Waals surface area contributed by atoms with Crippen molar-refractivity contribution in [2.75, 3.05) is 13.2 Å². The van der Waals surface area contributed by atoms with Crippen LogP contribution in [-0.4, -0.2) is 37.2 Å². The minimum absolute atomic E-state index is 0.0639. The van der Waals surface area contributed by atoms with E-state index in [1.807, 2.05) is 0 Å². The smallest absolute Gasteiger partial charge is 0.306 e. The van der Waals surface area contributed by atoms with Gasteiger partial charge in [-0.15, -0.1) is 0 Å². The highest BCUT2D eigenvalue weighted by Gasteiger charge is 2.19. The number of hydrogen-bond donors (Lipinski definition) is 0. The maximum atomic E-state index is 12.9. The molecule has 0 aliphatic heterocycles. The molecule has 76 heavy (non-hydrogen) atoms. The van der Waals surface area contributed by atoms with Crippen LogP contribution in [0.3, 0.4) is 0 Å². The van der Waals surface area contributed by atoms with E-state index in [1.54, 1.807) is 0 Å². The van der Waals surface area contributed by atoms with Crippen molar-refractivity contribution in [2.45, 2.75) is 406 Å². The van der Waals surface area contributed by atoms with Gasteiger partial charge in [-0.05, 0) is 44.9 Å². The van der Waals surface area contributed by atoms with Crippen LogP contribution in [0.1, 0.15) is 400 Å². The molecule has 0 radical (unpaired) electrons. The zero-order valence-electron chi connectivity index (χ0n) is 51.8. The van der Waals surface area contributed by atoms with E-state index in [1.165, 1.54) is 302 Å². The predicted molar refractivity (Wildman–Crippen MR) is 330 cm³/mol.